The molecule has 0 bridgehead atoms. The van der Waals surface area contributed by atoms with Gasteiger partial charge in [-0.2, -0.15) is 4.98 Å². The average molecular weight is 407 g/mol. The Balaban J connectivity index is 1.92. The molecule has 0 saturated carbocycles. The third kappa shape index (κ3) is 3.04. The highest BCUT2D eigenvalue weighted by atomic mass is 35.5. The summed E-state index contributed by atoms with van der Waals surface area (Å²) in [5.41, 5.74) is -2.18. The van der Waals surface area contributed by atoms with Crippen molar-refractivity contribution in [1.29, 1.82) is 0 Å². The maximum Gasteiger partial charge on any atom is 0.357 e. The third-order valence-corrected chi connectivity index (χ3v) is 4.99. The molecule has 6 nitrogen and oxygen atoms in total. The summed E-state index contributed by atoms with van der Waals surface area (Å²) >= 11 is 7.08. The lowest BCUT2D eigenvalue weighted by molar-refractivity contribution is 0.502. The highest BCUT2D eigenvalue weighted by Crippen LogP contribution is 2.22. The highest BCUT2D eigenvalue weighted by Gasteiger charge is 2.21. The molecule has 0 radical (unpaired) electrons. The molecule has 2 aromatic rings. The van der Waals surface area contributed by atoms with E-state index in [0.717, 1.165) is 17.0 Å². The summed E-state index contributed by atoms with van der Waals surface area (Å²) in [5, 5.41) is 0. The van der Waals surface area contributed by atoms with Crippen LogP contribution < -0.4 is 11.2 Å². The minimum Gasteiger partial charge on any atom is -0.327 e. The van der Waals surface area contributed by atoms with E-state index in [1.165, 1.54) is 23.5 Å². The lowest BCUT2D eigenvalue weighted by atomic mass is 10.2. The van der Waals surface area contributed by atoms with E-state index in [9.17, 15) is 18.4 Å². The number of pyridine rings is 1. The van der Waals surface area contributed by atoms with Crippen LogP contribution in [0.5, 0.6) is 0 Å². The maximum absolute atomic E-state index is 14.1. The van der Waals surface area contributed by atoms with Gasteiger partial charge in [-0.25, -0.2) is 23.1 Å². The van der Waals surface area contributed by atoms with Gasteiger partial charge in [-0.3, -0.25) is 4.79 Å². The molecule has 136 valence electrons. The molecule has 0 aliphatic carbocycles. The first-order valence-corrected chi connectivity index (χ1v) is 8.82. The largest absolute Gasteiger partial charge is 0.357 e. The van der Waals surface area contributed by atoms with Crippen LogP contribution in [0.15, 0.2) is 52.3 Å². The zero-order valence-electron chi connectivity index (χ0n) is 13.4. The van der Waals surface area contributed by atoms with Crippen molar-refractivity contribution >= 4 is 22.9 Å². The fraction of sp³-hybridized carbons (Fsp3) is 0.0588. The molecule has 0 spiro atoms. The van der Waals surface area contributed by atoms with Crippen molar-refractivity contribution < 1.29 is 8.78 Å². The van der Waals surface area contributed by atoms with E-state index in [4.69, 9.17) is 11.6 Å². The first-order chi connectivity index (χ1) is 13.0. The van der Waals surface area contributed by atoms with Gasteiger partial charge in [-0.1, -0.05) is 17.7 Å². The number of fused-ring (bicyclic) bond motifs is 1. The first-order valence-electron chi connectivity index (χ1n) is 7.62. The summed E-state index contributed by atoms with van der Waals surface area (Å²) in [4.78, 5) is 33.9. The summed E-state index contributed by atoms with van der Waals surface area (Å²) in [6.07, 6.45) is 3.23. The molecule has 1 aromatic carbocycles. The summed E-state index contributed by atoms with van der Waals surface area (Å²) in [6, 6.07) is 6.32. The number of hydrogen-bond donors (Lipinski definition) is 0. The fourth-order valence-corrected chi connectivity index (χ4v) is 3.69. The smallest absolute Gasteiger partial charge is 0.327 e. The topological polar surface area (TPSA) is 69.8 Å². The van der Waals surface area contributed by atoms with Crippen molar-refractivity contribution in [3.05, 3.63) is 84.5 Å². The lowest BCUT2D eigenvalue weighted by Gasteiger charge is -2.14. The van der Waals surface area contributed by atoms with E-state index in [1.807, 2.05) is 0 Å². The van der Waals surface area contributed by atoms with E-state index < -0.39 is 28.6 Å². The van der Waals surface area contributed by atoms with E-state index in [2.05, 4.69) is 9.97 Å². The second-order valence-electron chi connectivity index (χ2n) is 5.56. The van der Waals surface area contributed by atoms with Gasteiger partial charge in [0.1, 0.15) is 0 Å². The quantitative estimate of drug-likeness (QED) is 0.524. The molecule has 0 saturated heterocycles. The summed E-state index contributed by atoms with van der Waals surface area (Å²) in [5.74, 6) is -2.32. The van der Waals surface area contributed by atoms with E-state index in [1.54, 1.807) is 23.0 Å². The van der Waals surface area contributed by atoms with Gasteiger partial charge < -0.3 is 4.57 Å². The normalized spacial score (nSPS) is 11.2. The van der Waals surface area contributed by atoms with Gasteiger partial charge in [0.25, 0.3) is 5.56 Å². The van der Waals surface area contributed by atoms with Crippen molar-refractivity contribution in [2.45, 2.75) is 6.54 Å². The average Bonchev–Trinajstić information content (AvgIpc) is 3.04. The summed E-state index contributed by atoms with van der Waals surface area (Å²) in [7, 11) is 0. The minimum atomic E-state index is -1.29. The Bertz CT molecular complexity index is 1250. The second kappa shape index (κ2) is 6.67. The van der Waals surface area contributed by atoms with Gasteiger partial charge in [0.15, 0.2) is 21.9 Å². The molecular formula is C17H9ClF2N4O2S. The van der Waals surface area contributed by atoms with Crippen molar-refractivity contribution in [2.24, 2.45) is 0 Å². The van der Waals surface area contributed by atoms with Gasteiger partial charge in [0.2, 0.25) is 0 Å². The van der Waals surface area contributed by atoms with E-state index in [-0.39, 0.29) is 11.4 Å². The Morgan fingerprint density at radius 3 is 2.70 bits per heavy atom. The molecule has 4 rings (SSSR count). The van der Waals surface area contributed by atoms with Crippen LogP contribution in [0.4, 0.5) is 8.78 Å². The van der Waals surface area contributed by atoms with Crippen molar-refractivity contribution in [3.8, 4) is 17.1 Å². The number of thiazole rings is 1. The molecule has 0 atom stereocenters. The van der Waals surface area contributed by atoms with Gasteiger partial charge in [-0.05, 0) is 24.3 Å². The molecular weight excluding hydrogens is 398 g/mol. The van der Waals surface area contributed by atoms with Crippen LogP contribution in [0.3, 0.4) is 0 Å². The molecule has 27 heavy (non-hydrogen) atoms. The predicted octanol–water partition coefficient (Wildman–Crippen LogP) is 2.94. The van der Waals surface area contributed by atoms with Crippen molar-refractivity contribution in [2.75, 3.05) is 0 Å². The van der Waals surface area contributed by atoms with E-state index in [0.29, 0.717) is 15.6 Å². The second-order valence-corrected chi connectivity index (χ2v) is 7.26. The van der Waals surface area contributed by atoms with Crippen LogP contribution in [0.1, 0.15) is 4.88 Å². The van der Waals surface area contributed by atoms with Crippen LogP contribution in [-0.2, 0) is 6.54 Å². The zero-order valence-corrected chi connectivity index (χ0v) is 15.0. The van der Waals surface area contributed by atoms with Gasteiger partial charge in [-0.15, -0.1) is 11.3 Å². The van der Waals surface area contributed by atoms with Crippen LogP contribution in [0, 0.1) is 11.6 Å². The van der Waals surface area contributed by atoms with Crippen molar-refractivity contribution in [3.63, 3.8) is 0 Å². The van der Waals surface area contributed by atoms with Gasteiger partial charge >= 0.3 is 5.69 Å². The van der Waals surface area contributed by atoms with Crippen LogP contribution in [0.25, 0.3) is 17.1 Å². The minimum absolute atomic E-state index is 0.0939. The number of halogens is 3. The summed E-state index contributed by atoms with van der Waals surface area (Å²) < 4.78 is 30.1. The number of hydrogen-bond acceptors (Lipinski definition) is 5. The molecule has 0 fully saturated rings. The SMILES string of the molecule is O=c1nc2n(Cc3cnc(Cl)s3)cccc-2c(=O)n1-c1cccc(F)c1F. The maximum atomic E-state index is 14.1. The number of rotatable bonds is 3. The Morgan fingerprint density at radius 1 is 1.15 bits per heavy atom. The molecule has 0 unspecified atom stereocenters. The Kier molecular flexibility index (Phi) is 4.33. The van der Waals surface area contributed by atoms with Crippen molar-refractivity contribution in [1.82, 2.24) is 19.1 Å². The molecule has 0 amide bonds. The van der Waals surface area contributed by atoms with Crippen LogP contribution in [-0.4, -0.2) is 19.1 Å². The molecule has 2 aliphatic heterocycles. The third-order valence-electron chi connectivity index (χ3n) is 3.89. The Labute approximate surface area is 159 Å². The summed E-state index contributed by atoms with van der Waals surface area (Å²) in [6.45, 7) is 0.298. The van der Waals surface area contributed by atoms with Gasteiger partial charge in [0.05, 0.1) is 17.8 Å². The zero-order chi connectivity index (χ0) is 19.1. The van der Waals surface area contributed by atoms with Crippen LogP contribution in [0.2, 0.25) is 4.47 Å². The Morgan fingerprint density at radius 2 is 1.96 bits per heavy atom. The van der Waals surface area contributed by atoms with E-state index >= 15 is 0 Å². The fourth-order valence-electron chi connectivity index (χ4n) is 2.71. The van der Waals surface area contributed by atoms with Gasteiger partial charge in [0, 0.05) is 17.3 Å². The highest BCUT2D eigenvalue weighted by molar-refractivity contribution is 7.15. The number of nitrogens with zero attached hydrogens (tertiary/aromatic N) is 4. The number of aromatic nitrogens is 4. The van der Waals surface area contributed by atoms with Crippen LogP contribution >= 0.6 is 22.9 Å². The molecule has 3 heterocycles. The molecule has 0 N–H and O–H groups in total. The molecule has 10 heteroatoms. The first kappa shape index (κ1) is 17.5. The lowest BCUT2D eigenvalue weighted by Crippen LogP contribution is -2.37. The standard InChI is InChI=1S/C17H9ClF2N4O2S/c18-16-21-7-9(27-16)8-23-6-2-3-10-14(23)22-17(26)24(15(10)25)12-5-1-4-11(19)13(12)20/h1-7H,8H2. The molecule has 2 aliphatic rings. The molecule has 1 aromatic heterocycles. The monoisotopic (exact) mass is 406 g/mol. The Hall–Kier alpha value is -2.91. The predicted molar refractivity (Wildman–Crippen MR) is 96.9 cm³/mol. The number of benzene rings is 1.